The van der Waals surface area contributed by atoms with Crippen LogP contribution in [0.1, 0.15) is 348 Å². The minimum Gasteiger partial charge on any atom is -0.466 e. The quantitative estimate of drug-likeness (QED) is 0.0320. The summed E-state index contributed by atoms with van der Waals surface area (Å²) in [5.74, 6) is -0.0605. The number of aliphatic hydroxyl groups is 2. The van der Waals surface area contributed by atoms with Crippen molar-refractivity contribution in [2.24, 2.45) is 0 Å². The Balaban J connectivity index is 3.37. The van der Waals surface area contributed by atoms with Gasteiger partial charge >= 0.3 is 5.97 Å². The lowest BCUT2D eigenvalue weighted by molar-refractivity contribution is -0.143. The predicted molar refractivity (Wildman–Crippen MR) is 315 cm³/mol. The van der Waals surface area contributed by atoms with E-state index in [1.54, 1.807) is 6.08 Å². The van der Waals surface area contributed by atoms with Gasteiger partial charge in [-0.15, -0.1) is 0 Å². The van der Waals surface area contributed by atoms with Gasteiger partial charge in [0.05, 0.1) is 25.4 Å². The van der Waals surface area contributed by atoms with Gasteiger partial charge in [0.25, 0.3) is 0 Å². The molecule has 6 heteroatoms. The summed E-state index contributed by atoms with van der Waals surface area (Å²) in [6.45, 7) is 4.90. The number of esters is 1. The van der Waals surface area contributed by atoms with E-state index in [4.69, 9.17) is 4.74 Å². The fourth-order valence-electron chi connectivity index (χ4n) is 9.92. The molecule has 0 aliphatic heterocycles. The van der Waals surface area contributed by atoms with Crippen LogP contribution >= 0.6 is 0 Å². The van der Waals surface area contributed by atoms with Crippen LogP contribution in [0.2, 0.25) is 0 Å². The van der Waals surface area contributed by atoms with Crippen LogP contribution < -0.4 is 5.32 Å². The number of rotatable bonds is 60. The molecule has 2 unspecified atom stereocenters. The zero-order valence-electron chi connectivity index (χ0n) is 48.4. The number of carbonyl (C=O) groups excluding carboxylic acids is 2. The molecule has 0 fully saturated rings. The van der Waals surface area contributed by atoms with Crippen LogP contribution in [0.5, 0.6) is 0 Å². The highest BCUT2D eigenvalue weighted by molar-refractivity contribution is 5.76. The minimum absolute atomic E-state index is 0.00808. The van der Waals surface area contributed by atoms with Crippen LogP contribution in [-0.4, -0.2) is 47.4 Å². The summed E-state index contributed by atoms with van der Waals surface area (Å²) in [5, 5.41) is 23.0. The highest BCUT2D eigenvalue weighted by Gasteiger charge is 2.18. The van der Waals surface area contributed by atoms with Crippen molar-refractivity contribution in [3.8, 4) is 0 Å². The van der Waals surface area contributed by atoms with Gasteiger partial charge in [0.1, 0.15) is 0 Å². The maximum absolute atomic E-state index is 12.4. The molecule has 72 heavy (non-hydrogen) atoms. The Labute approximate surface area is 449 Å². The molecule has 0 aliphatic carbocycles. The van der Waals surface area contributed by atoms with E-state index in [2.05, 4.69) is 43.5 Å². The van der Waals surface area contributed by atoms with E-state index in [0.29, 0.717) is 19.4 Å². The second-order valence-corrected chi connectivity index (χ2v) is 22.1. The minimum atomic E-state index is -0.843. The maximum Gasteiger partial charge on any atom is 0.305 e. The molecule has 0 rings (SSSR count). The van der Waals surface area contributed by atoms with Gasteiger partial charge in [-0.3, -0.25) is 9.59 Å². The average molecular weight is 1010 g/mol. The van der Waals surface area contributed by atoms with E-state index in [-0.39, 0.29) is 18.5 Å². The molecule has 2 atom stereocenters. The Morgan fingerprint density at radius 3 is 0.986 bits per heavy atom. The Morgan fingerprint density at radius 2 is 0.653 bits per heavy atom. The molecule has 424 valence electrons. The van der Waals surface area contributed by atoms with Crippen molar-refractivity contribution in [1.29, 1.82) is 0 Å². The molecule has 0 saturated carbocycles. The summed E-state index contributed by atoms with van der Waals surface area (Å²) in [5.41, 5.74) is 0. The van der Waals surface area contributed by atoms with Crippen molar-refractivity contribution >= 4 is 11.9 Å². The zero-order valence-corrected chi connectivity index (χ0v) is 48.4. The van der Waals surface area contributed by atoms with E-state index in [1.165, 1.54) is 276 Å². The van der Waals surface area contributed by atoms with E-state index in [1.807, 2.05) is 6.08 Å². The standard InChI is InChI=1S/C66H125NO5/c1-3-5-7-9-11-13-15-16-17-33-36-40-44-48-52-56-60-66(71)72-61-57-53-49-45-41-37-34-31-29-27-25-23-21-19-18-20-22-24-26-28-30-32-35-39-43-47-51-55-59-65(70)67-63(62-68)64(69)58-54-50-46-42-38-14-12-10-8-6-4-2/h17-19,33,54,58,63-64,68-69H,3-16,20-32,34-53,55-57,59-62H2,1-2H3,(H,67,70)/b19-18-,33-17-,58-54+. The second kappa shape index (κ2) is 61.6. The molecule has 0 radical (unpaired) electrons. The van der Waals surface area contributed by atoms with Crippen molar-refractivity contribution < 1.29 is 24.5 Å². The van der Waals surface area contributed by atoms with Gasteiger partial charge in [-0.05, 0) is 83.5 Å². The van der Waals surface area contributed by atoms with Crippen LogP contribution in [0.3, 0.4) is 0 Å². The Bertz CT molecular complexity index is 1170. The SMILES string of the molecule is CCCCCCCCC/C=C\CCCCCCCC(=O)OCCCCCCCCCCCCCC/C=C\CCCCCCCCCCCCCCC(=O)NC(CO)C(O)/C=C/CCCCCCCCCCC. The maximum atomic E-state index is 12.4. The monoisotopic (exact) mass is 1010 g/mol. The Morgan fingerprint density at radius 1 is 0.375 bits per heavy atom. The average Bonchev–Trinajstić information content (AvgIpc) is 3.38. The van der Waals surface area contributed by atoms with Crippen LogP contribution in [0.25, 0.3) is 0 Å². The van der Waals surface area contributed by atoms with Gasteiger partial charge in [-0.1, -0.05) is 288 Å². The van der Waals surface area contributed by atoms with E-state index in [0.717, 1.165) is 44.9 Å². The summed E-state index contributed by atoms with van der Waals surface area (Å²) in [4.78, 5) is 24.5. The van der Waals surface area contributed by atoms with Crippen molar-refractivity contribution in [1.82, 2.24) is 5.32 Å². The fraction of sp³-hybridized carbons (Fsp3) is 0.879. The normalized spacial score (nSPS) is 12.8. The smallest absolute Gasteiger partial charge is 0.305 e. The molecule has 0 aliphatic rings. The molecule has 0 bridgehead atoms. The molecule has 0 saturated heterocycles. The number of nitrogens with one attached hydrogen (secondary N) is 1. The number of aliphatic hydroxyl groups excluding tert-OH is 2. The first kappa shape index (κ1) is 70.1. The van der Waals surface area contributed by atoms with Crippen molar-refractivity contribution in [2.45, 2.75) is 360 Å². The summed E-state index contributed by atoms with van der Waals surface area (Å²) < 4.78 is 5.49. The van der Waals surface area contributed by atoms with Gasteiger partial charge in [0, 0.05) is 12.8 Å². The summed E-state index contributed by atoms with van der Waals surface area (Å²) >= 11 is 0. The largest absolute Gasteiger partial charge is 0.466 e. The predicted octanol–water partition coefficient (Wildman–Crippen LogP) is 20.4. The number of allylic oxidation sites excluding steroid dienone is 5. The molecule has 6 nitrogen and oxygen atoms in total. The molecule has 0 aromatic heterocycles. The van der Waals surface area contributed by atoms with Gasteiger partial charge in [0.15, 0.2) is 0 Å². The third-order valence-electron chi connectivity index (χ3n) is 14.9. The first-order valence-corrected chi connectivity index (χ1v) is 32.3. The lowest BCUT2D eigenvalue weighted by Crippen LogP contribution is -2.45. The summed E-state index contributed by atoms with van der Waals surface area (Å²) in [6, 6.07) is -0.626. The number of hydrogen-bond donors (Lipinski definition) is 3. The molecule has 0 heterocycles. The molecule has 0 aromatic rings. The first-order valence-electron chi connectivity index (χ1n) is 32.3. The number of carbonyl (C=O) groups is 2. The lowest BCUT2D eigenvalue weighted by Gasteiger charge is -2.20. The van der Waals surface area contributed by atoms with E-state index in [9.17, 15) is 19.8 Å². The number of unbranched alkanes of at least 4 members (excludes halogenated alkanes) is 45. The van der Waals surface area contributed by atoms with Crippen LogP contribution in [0, 0.1) is 0 Å². The molecule has 0 spiro atoms. The van der Waals surface area contributed by atoms with Gasteiger partial charge < -0.3 is 20.3 Å². The Kier molecular flexibility index (Phi) is 60.0. The van der Waals surface area contributed by atoms with Gasteiger partial charge in [0.2, 0.25) is 5.91 Å². The molecule has 0 aromatic carbocycles. The molecular formula is C66H125NO5. The van der Waals surface area contributed by atoms with E-state index >= 15 is 0 Å². The second-order valence-electron chi connectivity index (χ2n) is 22.1. The van der Waals surface area contributed by atoms with Crippen LogP contribution in [0.15, 0.2) is 36.5 Å². The lowest BCUT2D eigenvalue weighted by atomic mass is 10.0. The first-order chi connectivity index (χ1) is 35.5. The summed E-state index contributed by atoms with van der Waals surface area (Å²) in [7, 11) is 0. The number of hydrogen-bond acceptors (Lipinski definition) is 5. The van der Waals surface area contributed by atoms with Crippen molar-refractivity contribution in [3.63, 3.8) is 0 Å². The molecule has 3 N–H and O–H groups in total. The fourth-order valence-corrected chi connectivity index (χ4v) is 9.92. The number of amides is 1. The van der Waals surface area contributed by atoms with Crippen LogP contribution in [-0.2, 0) is 14.3 Å². The van der Waals surface area contributed by atoms with Crippen molar-refractivity contribution in [3.05, 3.63) is 36.5 Å². The third kappa shape index (κ3) is 57.4. The molecular weight excluding hydrogens is 887 g/mol. The van der Waals surface area contributed by atoms with Crippen molar-refractivity contribution in [2.75, 3.05) is 13.2 Å². The summed E-state index contributed by atoms with van der Waals surface area (Å²) in [6.07, 6.45) is 77.8. The molecule has 1 amide bonds. The van der Waals surface area contributed by atoms with Gasteiger partial charge in [-0.2, -0.15) is 0 Å². The zero-order chi connectivity index (χ0) is 52.2. The Hall–Kier alpha value is -1.92. The van der Waals surface area contributed by atoms with E-state index < -0.39 is 12.1 Å². The highest BCUT2D eigenvalue weighted by atomic mass is 16.5. The number of ether oxygens (including phenoxy) is 1. The topological polar surface area (TPSA) is 95.9 Å². The van der Waals surface area contributed by atoms with Gasteiger partial charge in [-0.25, -0.2) is 0 Å². The third-order valence-corrected chi connectivity index (χ3v) is 14.9. The highest BCUT2D eigenvalue weighted by Crippen LogP contribution is 2.17. The van der Waals surface area contributed by atoms with Crippen LogP contribution in [0.4, 0.5) is 0 Å².